The fourth-order valence-corrected chi connectivity index (χ4v) is 10.1. The van der Waals surface area contributed by atoms with Crippen LogP contribution in [0.3, 0.4) is 0 Å². The third kappa shape index (κ3) is 7.62. The number of urea groups is 1. The zero-order valence-corrected chi connectivity index (χ0v) is 35.7. The number of rotatable bonds is 10. The Balaban J connectivity index is 1.31. The largest absolute Gasteiger partial charge is 0.497 e. The number of fused-ring (bicyclic) bond motifs is 3. The second kappa shape index (κ2) is 18.0. The van der Waals surface area contributed by atoms with Crippen molar-refractivity contribution < 1.29 is 43.6 Å². The number of carboxylic acid groups (broad SMARTS) is 1. The molecule has 9 rings (SSSR count). The number of hydrogen-bond acceptors (Lipinski definition) is 9. The Kier molecular flexibility index (Phi) is 11.8. The Morgan fingerprint density at radius 2 is 1.55 bits per heavy atom. The van der Waals surface area contributed by atoms with E-state index >= 15 is 4.79 Å². The number of morpholine rings is 1. The molecule has 0 bridgehead atoms. The molecule has 5 aromatic rings. The number of anilines is 1. The maximum atomic E-state index is 16.2. The summed E-state index contributed by atoms with van der Waals surface area (Å²) < 4.78 is 17.7. The molecule has 12 nitrogen and oxygen atoms in total. The minimum Gasteiger partial charge on any atom is -0.497 e. The summed E-state index contributed by atoms with van der Waals surface area (Å²) in [5.74, 6) is 2.26. The summed E-state index contributed by atoms with van der Waals surface area (Å²) in [4.78, 5) is 63.3. The van der Waals surface area contributed by atoms with Crippen LogP contribution in [0.15, 0.2) is 152 Å². The van der Waals surface area contributed by atoms with E-state index in [0.29, 0.717) is 34.6 Å². The van der Waals surface area contributed by atoms with Crippen LogP contribution in [-0.2, 0) is 24.5 Å². The molecule has 2 unspecified atom stereocenters. The number of carbonyl (C=O) groups is 4. The number of amides is 3. The van der Waals surface area contributed by atoms with Crippen molar-refractivity contribution in [1.82, 2.24) is 10.2 Å². The number of nitrogens with one attached hydrogen (secondary N) is 1. The van der Waals surface area contributed by atoms with Crippen LogP contribution >= 0.6 is 0 Å². The molecule has 3 aliphatic heterocycles. The van der Waals surface area contributed by atoms with Gasteiger partial charge < -0.3 is 29.7 Å². The first-order valence-electron chi connectivity index (χ1n) is 21.6. The second-order valence-electron chi connectivity index (χ2n) is 16.5. The molecule has 0 saturated carbocycles. The van der Waals surface area contributed by atoms with Crippen LogP contribution in [-0.4, -0.2) is 71.5 Å². The average molecular weight is 870 g/mol. The van der Waals surface area contributed by atoms with Crippen LogP contribution in [0.5, 0.6) is 11.5 Å². The smallest absolute Gasteiger partial charge is 0.329 e. The molecule has 3 heterocycles. The van der Waals surface area contributed by atoms with Crippen molar-refractivity contribution in [1.29, 1.82) is 0 Å². The van der Waals surface area contributed by atoms with Crippen molar-refractivity contribution >= 4 is 29.6 Å². The van der Waals surface area contributed by atoms with Crippen LogP contribution in [0.4, 0.5) is 10.5 Å². The number of methoxy groups -OCH3 is 1. The highest BCUT2D eigenvalue weighted by Crippen LogP contribution is 2.65. The molecule has 1 aliphatic carbocycles. The first kappa shape index (κ1) is 42.8. The maximum Gasteiger partial charge on any atom is 0.329 e. The highest BCUT2D eigenvalue weighted by molar-refractivity contribution is 6.24. The summed E-state index contributed by atoms with van der Waals surface area (Å²) in [7, 11) is 1.58. The molecule has 0 aromatic heterocycles. The number of esters is 1. The number of cyclic esters (lactones) is 1. The number of aliphatic hydroxyl groups is 1. The van der Waals surface area contributed by atoms with Crippen LogP contribution in [0, 0.1) is 23.7 Å². The van der Waals surface area contributed by atoms with Crippen molar-refractivity contribution in [3.8, 4) is 23.3 Å². The Morgan fingerprint density at radius 3 is 2.25 bits per heavy atom. The van der Waals surface area contributed by atoms with Crippen molar-refractivity contribution in [2.45, 2.75) is 49.0 Å². The minimum absolute atomic E-state index is 0.0303. The molecule has 0 radical (unpaired) electrons. The van der Waals surface area contributed by atoms with Gasteiger partial charge in [0, 0.05) is 17.0 Å². The van der Waals surface area contributed by atoms with Crippen LogP contribution in [0.25, 0.3) is 0 Å². The predicted octanol–water partition coefficient (Wildman–Crippen LogP) is 7.45. The molecule has 65 heavy (non-hydrogen) atoms. The molecule has 1 spiro atoms. The van der Waals surface area contributed by atoms with Gasteiger partial charge in [-0.1, -0.05) is 109 Å². The van der Waals surface area contributed by atoms with Gasteiger partial charge >= 0.3 is 18.0 Å². The van der Waals surface area contributed by atoms with Crippen molar-refractivity contribution in [2.75, 3.05) is 25.2 Å². The van der Waals surface area contributed by atoms with Gasteiger partial charge in [0.25, 0.3) is 0 Å². The van der Waals surface area contributed by atoms with Crippen molar-refractivity contribution in [2.24, 2.45) is 11.8 Å². The predicted molar refractivity (Wildman–Crippen MR) is 242 cm³/mol. The first-order valence-corrected chi connectivity index (χ1v) is 21.6. The SMILES string of the molecule is COc1ccc(C#Cc2ccc3c(c2)[C@]2(C(=O)N3C(=O)N[C@@H](C)c3ccccc3)[C@H](c3cccc(OCCO)c3)N3C(c4ccccc4)[C@H](C4C=CC=CC4)OC(=O)[C@H]3[C@@H]2C(=O)O)cc1. The third-order valence-electron chi connectivity index (χ3n) is 12.9. The van der Waals surface area contributed by atoms with E-state index in [2.05, 4.69) is 17.2 Å². The lowest BCUT2D eigenvalue weighted by Gasteiger charge is -2.47. The molecule has 3 amide bonds. The van der Waals surface area contributed by atoms with E-state index < -0.39 is 65.5 Å². The molecule has 12 heteroatoms. The van der Waals surface area contributed by atoms with Gasteiger partial charge in [-0.3, -0.25) is 19.3 Å². The number of imide groups is 1. The van der Waals surface area contributed by atoms with Gasteiger partial charge in [0.2, 0.25) is 5.91 Å². The van der Waals surface area contributed by atoms with E-state index in [1.807, 2.05) is 102 Å². The number of aliphatic carboxylic acids is 1. The normalized spacial score (nSPS) is 24.6. The fourth-order valence-electron chi connectivity index (χ4n) is 10.1. The fraction of sp³-hybridized carbons (Fsp3) is 0.245. The zero-order chi connectivity index (χ0) is 45.2. The van der Waals surface area contributed by atoms with Crippen LogP contribution in [0.1, 0.15) is 64.9 Å². The summed E-state index contributed by atoms with van der Waals surface area (Å²) in [5.41, 5.74) is 1.35. The molecular formula is C53H47N3O9. The summed E-state index contributed by atoms with van der Waals surface area (Å²) >= 11 is 0. The Labute approximate surface area is 376 Å². The average Bonchev–Trinajstić information content (AvgIpc) is 3.80. The summed E-state index contributed by atoms with van der Waals surface area (Å²) in [6.07, 6.45) is 7.54. The van der Waals surface area contributed by atoms with Gasteiger partial charge in [-0.25, -0.2) is 9.69 Å². The van der Waals surface area contributed by atoms with E-state index in [4.69, 9.17) is 14.2 Å². The molecule has 5 aromatic carbocycles. The van der Waals surface area contributed by atoms with Gasteiger partial charge in [-0.2, -0.15) is 0 Å². The Morgan fingerprint density at radius 1 is 0.846 bits per heavy atom. The highest BCUT2D eigenvalue weighted by Gasteiger charge is 2.76. The number of aliphatic hydroxyl groups excluding tert-OH is 1. The van der Waals surface area contributed by atoms with Crippen molar-refractivity contribution in [3.05, 3.63) is 185 Å². The van der Waals surface area contributed by atoms with Crippen LogP contribution in [0.2, 0.25) is 0 Å². The number of allylic oxidation sites excluding steroid dienone is 3. The molecule has 2 saturated heterocycles. The topological polar surface area (TPSA) is 155 Å². The number of benzene rings is 5. The third-order valence-corrected chi connectivity index (χ3v) is 12.9. The minimum atomic E-state index is -2.14. The van der Waals surface area contributed by atoms with Crippen LogP contribution < -0.4 is 19.7 Å². The summed E-state index contributed by atoms with van der Waals surface area (Å²) in [6.45, 7) is 1.50. The van der Waals surface area contributed by atoms with E-state index in [-0.39, 0.29) is 30.4 Å². The quantitative estimate of drug-likeness (QED) is 0.0953. The molecule has 328 valence electrons. The zero-order valence-electron chi connectivity index (χ0n) is 35.7. The van der Waals surface area contributed by atoms with Gasteiger partial charge in [-0.15, -0.1) is 0 Å². The monoisotopic (exact) mass is 869 g/mol. The van der Waals surface area contributed by atoms with Gasteiger partial charge in [0.05, 0.1) is 37.5 Å². The van der Waals surface area contributed by atoms with Gasteiger partial charge in [-0.05, 0) is 90.2 Å². The van der Waals surface area contributed by atoms with Crippen molar-refractivity contribution in [3.63, 3.8) is 0 Å². The number of hydrogen-bond donors (Lipinski definition) is 3. The molecule has 2 fully saturated rings. The lowest BCUT2D eigenvalue weighted by molar-refractivity contribution is -0.182. The summed E-state index contributed by atoms with van der Waals surface area (Å²) in [6, 6.07) is 33.0. The Bertz CT molecular complexity index is 2750. The molecule has 4 aliphatic rings. The maximum absolute atomic E-state index is 16.2. The number of carbonyl (C=O) groups excluding carboxylic acids is 3. The van der Waals surface area contributed by atoms with E-state index in [0.717, 1.165) is 16.0 Å². The lowest BCUT2D eigenvalue weighted by atomic mass is 9.65. The molecule has 8 atom stereocenters. The first-order chi connectivity index (χ1) is 31.6. The molecule has 3 N–H and O–H groups in total. The van der Waals surface area contributed by atoms with E-state index in [9.17, 15) is 24.6 Å². The molecular weight excluding hydrogens is 823 g/mol. The van der Waals surface area contributed by atoms with E-state index in [1.165, 1.54) is 0 Å². The second-order valence-corrected chi connectivity index (χ2v) is 16.5. The van der Waals surface area contributed by atoms with Gasteiger partial charge in [0.1, 0.15) is 41.6 Å². The number of carboxylic acids is 1. The standard InChI is InChI=1S/C53H47N3O9/c1-33(36-13-6-3-7-14-36)54-52(62)55-43-28-25-35(22-21-34-23-26-40(63-2)27-24-34)31-42(43)53(51(55)61)44(49(58)59)46-50(60)65-47(38-17-10-5-11-18-38)45(37-15-8-4-9-16-37)56(46)48(53)39-19-12-20-41(32-39)64-30-29-57/h3-17,19-20,23-28,31-33,38,44-48,57H,18,29-30H2,1-2H3,(H,54,62)(H,58,59)/t33-,38?,44+,45?,46+,47-,48-,53+/m0/s1. The van der Waals surface area contributed by atoms with E-state index in [1.54, 1.807) is 68.6 Å². The number of ether oxygens (including phenoxy) is 3. The van der Waals surface area contributed by atoms with Gasteiger partial charge in [0.15, 0.2) is 0 Å². The summed E-state index contributed by atoms with van der Waals surface area (Å²) in [5, 5.41) is 24.4. The Hall–Kier alpha value is -7.46. The number of nitrogens with zero attached hydrogens (tertiary/aromatic N) is 2. The highest BCUT2D eigenvalue weighted by atomic mass is 16.6. The lowest BCUT2D eigenvalue weighted by Crippen LogP contribution is -2.56.